The highest BCUT2D eigenvalue weighted by Gasteiger charge is 2.24. The van der Waals surface area contributed by atoms with Crippen LogP contribution >= 0.6 is 0 Å². The molecule has 5 nitrogen and oxygen atoms in total. The van der Waals surface area contributed by atoms with Crippen molar-refractivity contribution in [2.45, 2.75) is 39.5 Å². The van der Waals surface area contributed by atoms with E-state index in [1.54, 1.807) is 18.2 Å². The van der Waals surface area contributed by atoms with Crippen LogP contribution in [0.1, 0.15) is 60.4 Å². The van der Waals surface area contributed by atoms with Crippen LogP contribution in [-0.2, 0) is 5.41 Å². The molecule has 0 fully saturated rings. The Bertz CT molecular complexity index is 481. The quantitative estimate of drug-likeness (QED) is 0.695. The topological polar surface area (TPSA) is 94.8 Å². The normalized spacial score (nSPS) is 11.4. The maximum atomic E-state index is 10.8. The molecule has 1 rings (SSSR count). The molecule has 0 unspecified atom stereocenters. The third-order valence-electron chi connectivity index (χ3n) is 3.90. The Balaban J connectivity index is 0.000000468. The van der Waals surface area contributed by atoms with E-state index in [-0.39, 0.29) is 25.2 Å². The lowest BCUT2D eigenvalue weighted by atomic mass is 9.83. The van der Waals surface area contributed by atoms with Gasteiger partial charge in [-0.05, 0) is 23.5 Å². The number of hydrogen-bond acceptors (Lipinski definition) is 5. The first kappa shape index (κ1) is 21.4. The molecule has 0 saturated heterocycles. The SMILES string of the molecule is CC(C)(C)c1cc(C=O)ccc1C=O.CCC(CO)(CO)CO. The second-order valence-corrected chi connectivity index (χ2v) is 6.66. The molecule has 5 heteroatoms. The molecule has 0 aliphatic carbocycles. The first-order valence-electron chi connectivity index (χ1n) is 7.61. The number of rotatable bonds is 6. The largest absolute Gasteiger partial charge is 0.396 e. The number of carbonyl (C=O) groups is 2. The number of hydrogen-bond donors (Lipinski definition) is 3. The summed E-state index contributed by atoms with van der Waals surface area (Å²) >= 11 is 0. The van der Waals surface area contributed by atoms with Gasteiger partial charge in [-0.3, -0.25) is 9.59 Å². The monoisotopic (exact) mass is 324 g/mol. The summed E-state index contributed by atoms with van der Waals surface area (Å²) in [6.45, 7) is 7.41. The van der Waals surface area contributed by atoms with E-state index in [0.29, 0.717) is 17.5 Å². The predicted molar refractivity (Wildman–Crippen MR) is 89.9 cm³/mol. The second-order valence-electron chi connectivity index (χ2n) is 6.66. The van der Waals surface area contributed by atoms with E-state index in [4.69, 9.17) is 15.3 Å². The molecular weight excluding hydrogens is 296 g/mol. The van der Waals surface area contributed by atoms with Crippen molar-refractivity contribution in [3.8, 4) is 0 Å². The molecule has 1 aromatic rings. The van der Waals surface area contributed by atoms with Gasteiger partial charge < -0.3 is 15.3 Å². The fourth-order valence-electron chi connectivity index (χ4n) is 1.88. The van der Waals surface area contributed by atoms with Crippen LogP contribution in [0.4, 0.5) is 0 Å². The van der Waals surface area contributed by atoms with Crippen LogP contribution in [0.5, 0.6) is 0 Å². The van der Waals surface area contributed by atoms with Gasteiger partial charge in [0.05, 0.1) is 19.8 Å². The molecule has 0 saturated carbocycles. The van der Waals surface area contributed by atoms with Crippen LogP contribution in [0.2, 0.25) is 0 Å². The van der Waals surface area contributed by atoms with Gasteiger partial charge in [-0.2, -0.15) is 0 Å². The third kappa shape index (κ3) is 6.22. The average molecular weight is 324 g/mol. The lowest BCUT2D eigenvalue weighted by Crippen LogP contribution is -2.32. The van der Waals surface area contributed by atoms with Gasteiger partial charge in [0, 0.05) is 16.5 Å². The highest BCUT2D eigenvalue weighted by molar-refractivity contribution is 5.82. The minimum absolute atomic E-state index is 0.116. The van der Waals surface area contributed by atoms with Crippen molar-refractivity contribution in [2.24, 2.45) is 5.41 Å². The van der Waals surface area contributed by atoms with Crippen molar-refractivity contribution in [1.29, 1.82) is 0 Å². The molecule has 0 radical (unpaired) electrons. The van der Waals surface area contributed by atoms with Crippen LogP contribution in [0.25, 0.3) is 0 Å². The smallest absolute Gasteiger partial charge is 0.150 e. The van der Waals surface area contributed by atoms with E-state index >= 15 is 0 Å². The average Bonchev–Trinajstić information content (AvgIpc) is 2.56. The van der Waals surface area contributed by atoms with E-state index in [9.17, 15) is 9.59 Å². The summed E-state index contributed by atoms with van der Waals surface area (Å²) in [6.07, 6.45) is 2.22. The van der Waals surface area contributed by atoms with Gasteiger partial charge in [-0.25, -0.2) is 0 Å². The number of aldehydes is 2. The van der Waals surface area contributed by atoms with Crippen molar-refractivity contribution >= 4 is 12.6 Å². The molecule has 0 heterocycles. The fraction of sp³-hybridized carbons (Fsp3) is 0.556. The summed E-state index contributed by atoms with van der Waals surface area (Å²) in [6, 6.07) is 5.13. The lowest BCUT2D eigenvalue weighted by molar-refractivity contribution is 0.00304. The van der Waals surface area contributed by atoms with Crippen LogP contribution < -0.4 is 0 Å². The molecule has 3 N–H and O–H groups in total. The van der Waals surface area contributed by atoms with Gasteiger partial charge in [0.15, 0.2) is 0 Å². The zero-order valence-electron chi connectivity index (χ0n) is 14.4. The van der Waals surface area contributed by atoms with E-state index in [0.717, 1.165) is 18.1 Å². The molecule has 23 heavy (non-hydrogen) atoms. The Morgan fingerprint density at radius 3 is 1.74 bits per heavy atom. The van der Waals surface area contributed by atoms with Gasteiger partial charge in [-0.15, -0.1) is 0 Å². The lowest BCUT2D eigenvalue weighted by Gasteiger charge is -2.24. The Morgan fingerprint density at radius 2 is 1.48 bits per heavy atom. The molecule has 0 spiro atoms. The van der Waals surface area contributed by atoms with Crippen molar-refractivity contribution in [3.05, 3.63) is 34.9 Å². The molecule has 0 bridgehead atoms. The van der Waals surface area contributed by atoms with Crippen LogP contribution in [-0.4, -0.2) is 47.7 Å². The van der Waals surface area contributed by atoms with Gasteiger partial charge in [0.2, 0.25) is 0 Å². The van der Waals surface area contributed by atoms with Crippen molar-refractivity contribution < 1.29 is 24.9 Å². The molecule has 0 aliphatic heterocycles. The molecular formula is C18H28O5. The minimum Gasteiger partial charge on any atom is -0.396 e. The predicted octanol–water partition coefficient (Wildman–Crippen LogP) is 1.97. The summed E-state index contributed by atoms with van der Waals surface area (Å²) < 4.78 is 0. The molecule has 1 aromatic carbocycles. The zero-order valence-corrected chi connectivity index (χ0v) is 14.4. The van der Waals surface area contributed by atoms with Gasteiger partial charge >= 0.3 is 0 Å². The Kier molecular flexibility index (Phi) is 8.90. The molecule has 0 atom stereocenters. The van der Waals surface area contributed by atoms with Gasteiger partial charge in [0.1, 0.15) is 12.6 Å². The highest BCUT2D eigenvalue weighted by atomic mass is 16.3. The Morgan fingerprint density at radius 1 is 0.957 bits per heavy atom. The van der Waals surface area contributed by atoms with Gasteiger partial charge in [0.25, 0.3) is 0 Å². The van der Waals surface area contributed by atoms with Crippen molar-refractivity contribution in [1.82, 2.24) is 0 Å². The van der Waals surface area contributed by atoms with Crippen molar-refractivity contribution in [2.75, 3.05) is 19.8 Å². The first-order chi connectivity index (χ1) is 10.7. The Labute approximate surface area is 138 Å². The molecule has 0 aromatic heterocycles. The summed E-state index contributed by atoms with van der Waals surface area (Å²) in [5.74, 6) is 0. The fourth-order valence-corrected chi connectivity index (χ4v) is 1.88. The summed E-state index contributed by atoms with van der Waals surface area (Å²) in [5.41, 5.74) is 1.40. The van der Waals surface area contributed by atoms with Crippen LogP contribution in [0.3, 0.4) is 0 Å². The Hall–Kier alpha value is -1.56. The van der Waals surface area contributed by atoms with E-state index in [1.807, 2.05) is 27.7 Å². The molecule has 0 aliphatic rings. The van der Waals surface area contributed by atoms with Crippen LogP contribution in [0, 0.1) is 5.41 Å². The zero-order chi connectivity index (χ0) is 18.1. The van der Waals surface area contributed by atoms with E-state index in [1.165, 1.54) is 0 Å². The molecule has 0 amide bonds. The minimum atomic E-state index is -0.667. The first-order valence-corrected chi connectivity index (χ1v) is 7.61. The van der Waals surface area contributed by atoms with Gasteiger partial charge in [-0.1, -0.05) is 39.8 Å². The summed E-state index contributed by atoms with van der Waals surface area (Å²) in [4.78, 5) is 21.4. The second kappa shape index (κ2) is 9.55. The van der Waals surface area contributed by atoms with Crippen LogP contribution in [0.15, 0.2) is 18.2 Å². The number of carbonyl (C=O) groups excluding carboxylic acids is 2. The van der Waals surface area contributed by atoms with E-state index < -0.39 is 5.41 Å². The standard InChI is InChI=1S/C12H14O2.C6H14O3/c1-12(2,3)11-6-9(7-13)4-5-10(11)8-14;1-2-6(3-7,4-8)5-9/h4-8H,1-3H3;7-9H,2-5H2,1H3. The van der Waals surface area contributed by atoms with Crippen molar-refractivity contribution in [3.63, 3.8) is 0 Å². The maximum absolute atomic E-state index is 10.8. The number of benzene rings is 1. The molecule has 130 valence electrons. The van der Waals surface area contributed by atoms with E-state index in [2.05, 4.69) is 0 Å². The third-order valence-corrected chi connectivity index (χ3v) is 3.90. The number of aliphatic hydroxyl groups is 3. The maximum Gasteiger partial charge on any atom is 0.150 e. The number of aliphatic hydroxyl groups excluding tert-OH is 3. The summed E-state index contributed by atoms with van der Waals surface area (Å²) in [7, 11) is 0. The summed E-state index contributed by atoms with van der Waals surface area (Å²) in [5, 5.41) is 26.0. The highest BCUT2D eigenvalue weighted by Crippen LogP contribution is 2.25.